The molecule has 0 bridgehead atoms. The largest absolute Gasteiger partial charge is 0.366 e. The summed E-state index contributed by atoms with van der Waals surface area (Å²) in [4.78, 5) is 21.6. The van der Waals surface area contributed by atoms with E-state index in [9.17, 15) is 10.1 Å². The van der Waals surface area contributed by atoms with Crippen LogP contribution in [0.1, 0.15) is 11.1 Å². The maximum absolute atomic E-state index is 12.7. The molecule has 7 heteroatoms. The van der Waals surface area contributed by atoms with Crippen molar-refractivity contribution >= 4 is 28.3 Å². The van der Waals surface area contributed by atoms with Crippen LogP contribution in [0.2, 0.25) is 5.15 Å². The molecule has 0 amide bonds. The molecule has 4 rings (SSSR count). The number of nitrogens with zero attached hydrogens (tertiary/aromatic N) is 5. The van der Waals surface area contributed by atoms with Crippen LogP contribution in [-0.4, -0.2) is 40.6 Å². The van der Waals surface area contributed by atoms with Crippen molar-refractivity contribution in [3.8, 4) is 6.07 Å². The maximum atomic E-state index is 12.7. The topological polar surface area (TPSA) is 65.2 Å². The third kappa shape index (κ3) is 3.35. The SMILES string of the molecule is Cn1c(=O)c(C#N)c(N2CCN(Cc3ccccc3)CC2)c2nc(Cl)ccc21. The summed E-state index contributed by atoms with van der Waals surface area (Å²) in [5, 5.41) is 10.0. The molecule has 3 aromatic rings. The Kier molecular flexibility index (Phi) is 5.03. The number of benzene rings is 1. The van der Waals surface area contributed by atoms with Crippen LogP contribution in [0.5, 0.6) is 0 Å². The number of rotatable bonds is 3. The van der Waals surface area contributed by atoms with Crippen LogP contribution in [0.3, 0.4) is 0 Å². The number of hydrogen-bond donors (Lipinski definition) is 0. The Morgan fingerprint density at radius 3 is 2.50 bits per heavy atom. The standard InChI is InChI=1S/C21H20ClN5O/c1-25-17-7-8-18(22)24-19(17)20(16(13-23)21(25)28)27-11-9-26(10-12-27)14-15-5-3-2-4-6-15/h2-8H,9-12,14H2,1H3. The summed E-state index contributed by atoms with van der Waals surface area (Å²) >= 11 is 6.12. The van der Waals surface area contributed by atoms with E-state index >= 15 is 0 Å². The normalized spacial score (nSPS) is 15.0. The number of aromatic nitrogens is 2. The van der Waals surface area contributed by atoms with Gasteiger partial charge >= 0.3 is 0 Å². The van der Waals surface area contributed by atoms with Gasteiger partial charge in [0.05, 0.1) is 11.2 Å². The van der Waals surface area contributed by atoms with Crippen LogP contribution in [0.15, 0.2) is 47.3 Å². The summed E-state index contributed by atoms with van der Waals surface area (Å²) < 4.78 is 1.46. The molecule has 0 aliphatic carbocycles. The molecule has 142 valence electrons. The van der Waals surface area contributed by atoms with Gasteiger partial charge in [0.25, 0.3) is 5.56 Å². The third-order valence-electron chi connectivity index (χ3n) is 5.23. The summed E-state index contributed by atoms with van der Waals surface area (Å²) in [6.07, 6.45) is 0. The van der Waals surface area contributed by atoms with Gasteiger partial charge in [0.15, 0.2) is 0 Å². The molecule has 0 N–H and O–H groups in total. The molecule has 3 heterocycles. The molecule has 6 nitrogen and oxygen atoms in total. The van der Waals surface area contributed by atoms with E-state index in [1.807, 2.05) is 18.2 Å². The Hall–Kier alpha value is -2.88. The van der Waals surface area contributed by atoms with Crippen LogP contribution in [0, 0.1) is 11.3 Å². The average molecular weight is 394 g/mol. The smallest absolute Gasteiger partial charge is 0.270 e. The van der Waals surface area contributed by atoms with E-state index in [-0.39, 0.29) is 11.1 Å². The molecule has 28 heavy (non-hydrogen) atoms. The lowest BCUT2D eigenvalue weighted by atomic mass is 10.1. The van der Waals surface area contributed by atoms with Crippen LogP contribution < -0.4 is 10.5 Å². The van der Waals surface area contributed by atoms with Crippen LogP contribution in [0.25, 0.3) is 11.0 Å². The lowest BCUT2D eigenvalue weighted by Gasteiger charge is -2.36. The third-order valence-corrected chi connectivity index (χ3v) is 5.44. The molecule has 0 radical (unpaired) electrons. The number of anilines is 1. The van der Waals surface area contributed by atoms with Gasteiger partial charge in [-0.3, -0.25) is 9.69 Å². The molecule has 1 fully saturated rings. The van der Waals surface area contributed by atoms with E-state index in [1.54, 1.807) is 19.2 Å². The van der Waals surface area contributed by atoms with Crippen LogP contribution in [-0.2, 0) is 13.6 Å². The number of fused-ring (bicyclic) bond motifs is 1. The molecule has 0 spiro atoms. The zero-order valence-corrected chi connectivity index (χ0v) is 16.4. The summed E-state index contributed by atoms with van der Waals surface area (Å²) in [6.45, 7) is 4.02. The first-order valence-electron chi connectivity index (χ1n) is 9.19. The van der Waals surface area contributed by atoms with Gasteiger partial charge in [-0.2, -0.15) is 5.26 Å². The van der Waals surface area contributed by atoms with Gasteiger partial charge < -0.3 is 9.47 Å². The molecular formula is C21H20ClN5O. The molecule has 0 saturated carbocycles. The Morgan fingerprint density at radius 1 is 1.11 bits per heavy atom. The first-order valence-corrected chi connectivity index (χ1v) is 9.57. The molecule has 1 aliphatic heterocycles. The summed E-state index contributed by atoms with van der Waals surface area (Å²) in [6, 6.07) is 15.9. The molecule has 1 saturated heterocycles. The predicted octanol–water partition coefficient (Wildman–Crippen LogP) is 2.78. The molecule has 0 unspecified atom stereocenters. The van der Waals surface area contributed by atoms with Crippen molar-refractivity contribution in [1.82, 2.24) is 14.5 Å². The number of pyridine rings is 2. The molecule has 2 aromatic heterocycles. The first kappa shape index (κ1) is 18.5. The molecule has 0 atom stereocenters. The minimum Gasteiger partial charge on any atom is -0.366 e. The van der Waals surface area contributed by atoms with Crippen molar-refractivity contribution in [3.63, 3.8) is 0 Å². The summed E-state index contributed by atoms with van der Waals surface area (Å²) in [5.41, 5.74) is 2.98. The van der Waals surface area contributed by atoms with Gasteiger partial charge in [-0.25, -0.2) is 4.98 Å². The molecule has 1 aliphatic rings. The van der Waals surface area contributed by atoms with Crippen molar-refractivity contribution in [2.75, 3.05) is 31.1 Å². The number of aryl methyl sites for hydroxylation is 1. The van der Waals surface area contributed by atoms with Crippen LogP contribution in [0.4, 0.5) is 5.69 Å². The van der Waals surface area contributed by atoms with Gasteiger partial charge in [-0.05, 0) is 17.7 Å². The fraction of sp³-hybridized carbons (Fsp3) is 0.286. The zero-order valence-electron chi connectivity index (χ0n) is 15.6. The minimum absolute atomic E-state index is 0.126. The Balaban J connectivity index is 1.67. The summed E-state index contributed by atoms with van der Waals surface area (Å²) in [5.74, 6) is 0. The quantitative estimate of drug-likeness (QED) is 0.640. The van der Waals surface area contributed by atoms with Crippen molar-refractivity contribution in [3.05, 3.63) is 69.1 Å². The van der Waals surface area contributed by atoms with E-state index in [0.29, 0.717) is 21.9 Å². The predicted molar refractivity (Wildman–Crippen MR) is 111 cm³/mol. The lowest BCUT2D eigenvalue weighted by molar-refractivity contribution is 0.250. The van der Waals surface area contributed by atoms with E-state index in [1.165, 1.54) is 10.1 Å². The highest BCUT2D eigenvalue weighted by Gasteiger charge is 2.25. The average Bonchev–Trinajstić information content (AvgIpc) is 2.72. The number of halogens is 1. The van der Waals surface area contributed by atoms with Gasteiger partial charge in [-0.15, -0.1) is 0 Å². The Morgan fingerprint density at radius 2 is 1.82 bits per heavy atom. The van der Waals surface area contributed by atoms with Crippen molar-refractivity contribution in [2.24, 2.45) is 7.05 Å². The van der Waals surface area contributed by atoms with Gasteiger partial charge in [0.2, 0.25) is 0 Å². The van der Waals surface area contributed by atoms with Gasteiger partial charge in [-0.1, -0.05) is 41.9 Å². The molecule has 1 aromatic carbocycles. The summed E-state index contributed by atoms with van der Waals surface area (Å²) in [7, 11) is 1.66. The monoisotopic (exact) mass is 393 g/mol. The Bertz CT molecular complexity index is 1110. The second-order valence-electron chi connectivity index (χ2n) is 6.95. The number of piperazine rings is 1. The van der Waals surface area contributed by atoms with Gasteiger partial charge in [0, 0.05) is 39.8 Å². The fourth-order valence-corrected chi connectivity index (χ4v) is 3.90. The second kappa shape index (κ2) is 7.63. The molecular weight excluding hydrogens is 374 g/mol. The highest BCUT2D eigenvalue weighted by molar-refractivity contribution is 6.29. The maximum Gasteiger partial charge on any atom is 0.270 e. The van der Waals surface area contributed by atoms with E-state index < -0.39 is 0 Å². The van der Waals surface area contributed by atoms with Crippen molar-refractivity contribution in [1.29, 1.82) is 5.26 Å². The lowest BCUT2D eigenvalue weighted by Crippen LogP contribution is -2.47. The first-order chi connectivity index (χ1) is 13.6. The van der Waals surface area contributed by atoms with E-state index in [0.717, 1.165) is 32.7 Å². The van der Waals surface area contributed by atoms with E-state index in [4.69, 9.17) is 11.6 Å². The fourth-order valence-electron chi connectivity index (χ4n) is 3.75. The minimum atomic E-state index is -0.305. The highest BCUT2D eigenvalue weighted by Crippen LogP contribution is 2.29. The van der Waals surface area contributed by atoms with E-state index in [2.05, 4.69) is 33.0 Å². The highest BCUT2D eigenvalue weighted by atomic mass is 35.5. The van der Waals surface area contributed by atoms with Crippen molar-refractivity contribution < 1.29 is 0 Å². The number of nitriles is 1. The van der Waals surface area contributed by atoms with Crippen molar-refractivity contribution in [2.45, 2.75) is 6.54 Å². The second-order valence-corrected chi connectivity index (χ2v) is 7.34. The Labute approximate surface area is 168 Å². The van der Waals surface area contributed by atoms with Gasteiger partial charge in [0.1, 0.15) is 22.3 Å². The number of hydrogen-bond acceptors (Lipinski definition) is 5. The van der Waals surface area contributed by atoms with Crippen LogP contribution >= 0.6 is 11.6 Å². The zero-order chi connectivity index (χ0) is 19.7.